The molecule has 1 amide bonds. The molecule has 0 radical (unpaired) electrons. The number of carbonyl (C=O) groups is 1. The number of amidine groups is 1. The second-order valence-electron chi connectivity index (χ2n) is 5.85. The highest BCUT2D eigenvalue weighted by atomic mass is 32.2. The number of hydrogen-bond acceptors (Lipinski definition) is 5. The van der Waals surface area contributed by atoms with Gasteiger partial charge >= 0.3 is 0 Å². The van der Waals surface area contributed by atoms with Gasteiger partial charge in [0.15, 0.2) is 0 Å². The van der Waals surface area contributed by atoms with Crippen LogP contribution in [0, 0.1) is 5.92 Å². The van der Waals surface area contributed by atoms with E-state index in [1.54, 1.807) is 23.3 Å². The minimum absolute atomic E-state index is 0.0341. The first kappa shape index (κ1) is 15.2. The van der Waals surface area contributed by atoms with E-state index >= 15 is 0 Å². The van der Waals surface area contributed by atoms with Gasteiger partial charge in [0.05, 0.1) is 11.3 Å². The zero-order valence-corrected chi connectivity index (χ0v) is 13.1. The maximum atomic E-state index is 12.4. The van der Waals surface area contributed by atoms with Crippen molar-refractivity contribution in [3.8, 4) is 0 Å². The Balaban J connectivity index is 1.70. The number of amides is 1. The van der Waals surface area contributed by atoms with Crippen LogP contribution < -0.4 is 11.1 Å². The average molecular weight is 324 g/mol. The standard InChI is InChI=1S/C14H20N4O3S/c15-8-10-2-1-3-12(10)16-14(19)11-4-5-13-17-22(20,21)7-6-18(13)9-11/h4-5,9-10,12H,1-3,6-8,15H2,(H,16,19). The summed E-state index contributed by atoms with van der Waals surface area (Å²) in [5.41, 5.74) is 6.25. The monoisotopic (exact) mass is 324 g/mol. The van der Waals surface area contributed by atoms with Crippen LogP contribution in [0.3, 0.4) is 0 Å². The number of nitrogens with zero attached hydrogens (tertiary/aromatic N) is 2. The van der Waals surface area contributed by atoms with Crippen molar-refractivity contribution in [2.45, 2.75) is 25.3 Å². The molecule has 1 aliphatic carbocycles. The predicted octanol–water partition coefficient (Wildman–Crippen LogP) is -0.272. The molecule has 0 bridgehead atoms. The van der Waals surface area contributed by atoms with Crippen LogP contribution in [-0.4, -0.2) is 49.9 Å². The largest absolute Gasteiger partial charge is 0.349 e. The maximum Gasteiger partial charge on any atom is 0.256 e. The normalized spacial score (nSPS) is 29.6. The van der Waals surface area contributed by atoms with E-state index in [0.29, 0.717) is 30.4 Å². The molecule has 0 spiro atoms. The summed E-state index contributed by atoms with van der Waals surface area (Å²) in [5.74, 6) is 0.528. The summed E-state index contributed by atoms with van der Waals surface area (Å²) in [4.78, 5) is 14.1. The van der Waals surface area contributed by atoms with Gasteiger partial charge in [0.2, 0.25) is 0 Å². The Morgan fingerprint density at radius 2 is 2.23 bits per heavy atom. The lowest BCUT2D eigenvalue weighted by molar-refractivity contribution is -0.118. The van der Waals surface area contributed by atoms with E-state index in [1.165, 1.54) is 0 Å². The van der Waals surface area contributed by atoms with Crippen LogP contribution in [0.2, 0.25) is 0 Å². The summed E-state index contributed by atoms with van der Waals surface area (Å²) in [5, 5.41) is 3.04. The van der Waals surface area contributed by atoms with Crippen LogP contribution in [0.25, 0.3) is 0 Å². The first-order chi connectivity index (χ1) is 10.5. The number of fused-ring (bicyclic) bond motifs is 1. The van der Waals surface area contributed by atoms with Gasteiger partial charge in [-0.1, -0.05) is 6.42 Å². The molecule has 0 aromatic heterocycles. The summed E-state index contributed by atoms with van der Waals surface area (Å²) in [6, 6.07) is 0.128. The fourth-order valence-electron chi connectivity index (χ4n) is 3.10. The molecule has 0 aromatic carbocycles. The molecule has 2 unspecified atom stereocenters. The lowest BCUT2D eigenvalue weighted by atomic mass is 10.0. The Morgan fingerprint density at radius 3 is 3.00 bits per heavy atom. The van der Waals surface area contributed by atoms with Crippen molar-refractivity contribution in [3.05, 3.63) is 23.9 Å². The van der Waals surface area contributed by atoms with E-state index in [1.807, 2.05) is 0 Å². The van der Waals surface area contributed by atoms with Crippen molar-refractivity contribution in [2.75, 3.05) is 18.8 Å². The second-order valence-corrected chi connectivity index (χ2v) is 7.61. The third-order valence-corrected chi connectivity index (χ3v) is 5.53. The van der Waals surface area contributed by atoms with Gasteiger partial charge in [-0.05, 0) is 37.5 Å². The Hall–Kier alpha value is -1.67. The van der Waals surface area contributed by atoms with Crippen LogP contribution in [0.15, 0.2) is 28.3 Å². The molecule has 3 rings (SSSR count). The second kappa shape index (κ2) is 5.85. The van der Waals surface area contributed by atoms with Gasteiger partial charge in [-0.2, -0.15) is 0 Å². The van der Waals surface area contributed by atoms with Crippen LogP contribution in [-0.2, 0) is 14.8 Å². The summed E-state index contributed by atoms with van der Waals surface area (Å²) in [6.07, 6.45) is 7.94. The van der Waals surface area contributed by atoms with E-state index in [-0.39, 0.29) is 17.7 Å². The molecular formula is C14H20N4O3S. The molecule has 0 aromatic rings. The van der Waals surface area contributed by atoms with E-state index in [4.69, 9.17) is 5.73 Å². The topological polar surface area (TPSA) is 105 Å². The molecule has 120 valence electrons. The third-order valence-electron chi connectivity index (χ3n) is 4.36. The number of nitrogens with one attached hydrogen (secondary N) is 1. The first-order valence-corrected chi connectivity index (χ1v) is 9.09. The smallest absolute Gasteiger partial charge is 0.256 e. The van der Waals surface area contributed by atoms with Crippen molar-refractivity contribution in [3.63, 3.8) is 0 Å². The minimum Gasteiger partial charge on any atom is -0.349 e. The van der Waals surface area contributed by atoms with E-state index in [9.17, 15) is 13.2 Å². The molecule has 3 aliphatic rings. The van der Waals surface area contributed by atoms with E-state index in [2.05, 4.69) is 9.71 Å². The maximum absolute atomic E-state index is 12.4. The van der Waals surface area contributed by atoms with Crippen molar-refractivity contribution in [1.29, 1.82) is 0 Å². The molecule has 2 aliphatic heterocycles. The molecule has 1 saturated carbocycles. The van der Waals surface area contributed by atoms with Gasteiger partial charge in [-0.25, -0.2) is 8.42 Å². The van der Waals surface area contributed by atoms with Crippen LogP contribution in [0.1, 0.15) is 19.3 Å². The highest BCUT2D eigenvalue weighted by Gasteiger charge is 2.29. The van der Waals surface area contributed by atoms with Crippen molar-refractivity contribution < 1.29 is 13.2 Å². The quantitative estimate of drug-likeness (QED) is 0.743. The molecule has 22 heavy (non-hydrogen) atoms. The van der Waals surface area contributed by atoms with Crippen LogP contribution in [0.4, 0.5) is 0 Å². The van der Waals surface area contributed by atoms with Crippen LogP contribution >= 0.6 is 0 Å². The summed E-state index contributed by atoms with van der Waals surface area (Å²) in [7, 11) is -3.37. The summed E-state index contributed by atoms with van der Waals surface area (Å²) >= 11 is 0. The number of hydrogen-bond donors (Lipinski definition) is 2. The van der Waals surface area contributed by atoms with Gasteiger partial charge in [0.1, 0.15) is 5.84 Å². The Labute approximate surface area is 130 Å². The zero-order valence-electron chi connectivity index (χ0n) is 12.2. The van der Waals surface area contributed by atoms with E-state index < -0.39 is 10.0 Å². The van der Waals surface area contributed by atoms with E-state index in [0.717, 1.165) is 19.3 Å². The Bertz CT molecular complexity index is 666. The molecule has 2 heterocycles. The highest BCUT2D eigenvalue weighted by molar-refractivity contribution is 7.90. The van der Waals surface area contributed by atoms with Crippen molar-refractivity contribution in [1.82, 2.24) is 10.2 Å². The van der Waals surface area contributed by atoms with Gasteiger partial charge in [0.25, 0.3) is 15.9 Å². The van der Waals surface area contributed by atoms with Crippen molar-refractivity contribution >= 4 is 21.8 Å². The lowest BCUT2D eigenvalue weighted by Crippen LogP contribution is -2.42. The Kier molecular flexibility index (Phi) is 4.05. The molecule has 3 N–H and O–H groups in total. The fraction of sp³-hybridized carbons (Fsp3) is 0.571. The number of nitrogens with two attached hydrogens (primary N) is 1. The summed E-state index contributed by atoms with van der Waals surface area (Å²) < 4.78 is 26.6. The van der Waals surface area contributed by atoms with Gasteiger partial charge in [0, 0.05) is 18.8 Å². The lowest BCUT2D eigenvalue weighted by Gasteiger charge is -2.27. The van der Waals surface area contributed by atoms with Crippen molar-refractivity contribution in [2.24, 2.45) is 16.0 Å². The molecule has 0 saturated heterocycles. The molecular weight excluding hydrogens is 304 g/mol. The predicted molar refractivity (Wildman–Crippen MR) is 83.5 cm³/mol. The van der Waals surface area contributed by atoms with Gasteiger partial charge in [-0.3, -0.25) is 4.79 Å². The van der Waals surface area contributed by atoms with Gasteiger partial charge in [-0.15, -0.1) is 4.40 Å². The molecule has 1 fully saturated rings. The fourth-order valence-corrected chi connectivity index (χ4v) is 4.07. The highest BCUT2D eigenvalue weighted by Crippen LogP contribution is 2.25. The molecule has 7 nitrogen and oxygen atoms in total. The van der Waals surface area contributed by atoms with Crippen LogP contribution in [0.5, 0.6) is 0 Å². The SMILES string of the molecule is NCC1CCCC1NC(=O)C1=CN2CCS(=O)(=O)N=C2C=C1. The Morgan fingerprint density at radius 1 is 1.41 bits per heavy atom. The zero-order chi connectivity index (χ0) is 15.7. The molecule has 2 atom stereocenters. The minimum atomic E-state index is -3.37. The first-order valence-electron chi connectivity index (χ1n) is 7.48. The molecule has 8 heteroatoms. The van der Waals surface area contributed by atoms with Gasteiger partial charge < -0.3 is 16.0 Å². The third kappa shape index (κ3) is 3.07. The number of sulfonamides is 1. The number of carbonyl (C=O) groups excluding carboxylic acids is 1. The number of rotatable bonds is 3. The average Bonchev–Trinajstić information content (AvgIpc) is 2.93. The summed E-state index contributed by atoms with van der Waals surface area (Å²) in [6.45, 7) is 0.901.